The van der Waals surface area contributed by atoms with Gasteiger partial charge in [0.2, 0.25) is 0 Å². The molecule has 0 aromatic carbocycles. The monoisotopic (exact) mass is 166 g/mol. The van der Waals surface area contributed by atoms with E-state index < -0.39 is 0 Å². The van der Waals surface area contributed by atoms with Gasteiger partial charge in [-0.15, -0.1) is 0 Å². The summed E-state index contributed by atoms with van der Waals surface area (Å²) in [5.74, 6) is 0.489. The molecular weight excluding hydrogens is 156 g/mol. The Morgan fingerprint density at radius 3 is 3.36 bits per heavy atom. The lowest BCUT2D eigenvalue weighted by atomic mass is 9.95. The zero-order valence-corrected chi connectivity index (χ0v) is 6.92. The molecule has 11 heavy (non-hydrogen) atoms. The Kier molecular flexibility index (Phi) is 1.84. The summed E-state index contributed by atoms with van der Waals surface area (Å²) < 4.78 is 4.17. The van der Waals surface area contributed by atoms with Crippen LogP contribution in [0.25, 0.3) is 0 Å². The number of rotatable bonds is 1. The summed E-state index contributed by atoms with van der Waals surface area (Å²) in [6, 6.07) is 0. The van der Waals surface area contributed by atoms with Crippen LogP contribution in [0.3, 0.4) is 0 Å². The number of nitrogens with zero attached hydrogens (tertiary/aromatic N) is 1. The van der Waals surface area contributed by atoms with Gasteiger partial charge in [-0.05, 0) is 17.5 Å². The van der Waals surface area contributed by atoms with Gasteiger partial charge >= 0.3 is 0 Å². The van der Waals surface area contributed by atoms with Crippen molar-refractivity contribution in [1.29, 1.82) is 0 Å². The van der Waals surface area contributed by atoms with E-state index in [-0.39, 0.29) is 0 Å². The maximum absolute atomic E-state index is 5.59. The summed E-state index contributed by atoms with van der Waals surface area (Å²) in [5, 5.41) is 0.491. The average Bonchev–Trinajstić information content (AvgIpc) is 2.50. The van der Waals surface area contributed by atoms with Gasteiger partial charge in [-0.25, -0.2) is 4.40 Å². The van der Waals surface area contributed by atoms with Crippen molar-refractivity contribution in [2.24, 2.45) is 16.0 Å². The van der Waals surface area contributed by atoms with Crippen LogP contribution in [-0.2, 0) is 0 Å². The second-order valence-electron chi connectivity index (χ2n) is 2.69. The van der Waals surface area contributed by atoms with Gasteiger partial charge in [0.25, 0.3) is 0 Å². The van der Waals surface area contributed by atoms with Crippen LogP contribution in [0.15, 0.2) is 28.2 Å². The third kappa shape index (κ3) is 1.14. The van der Waals surface area contributed by atoms with Gasteiger partial charge in [0.1, 0.15) is 0 Å². The Morgan fingerprint density at radius 2 is 2.55 bits per heavy atom. The smallest absolute Gasteiger partial charge is 0.0603 e. The van der Waals surface area contributed by atoms with E-state index >= 15 is 0 Å². The SMILES string of the molecule is NCC1=CC=CC2C=NSC12. The van der Waals surface area contributed by atoms with Crippen LogP contribution >= 0.6 is 11.9 Å². The fraction of sp³-hybridized carbons (Fsp3) is 0.375. The lowest BCUT2D eigenvalue weighted by Gasteiger charge is -2.18. The molecule has 1 aliphatic carbocycles. The van der Waals surface area contributed by atoms with Crippen molar-refractivity contribution in [3.8, 4) is 0 Å². The zero-order chi connectivity index (χ0) is 7.68. The highest BCUT2D eigenvalue weighted by Crippen LogP contribution is 2.34. The molecule has 1 heterocycles. The fourth-order valence-corrected chi connectivity index (χ4v) is 2.33. The van der Waals surface area contributed by atoms with Gasteiger partial charge in [-0.2, -0.15) is 0 Å². The normalized spacial score (nSPS) is 33.7. The second-order valence-corrected chi connectivity index (χ2v) is 3.62. The molecule has 0 bridgehead atoms. The molecule has 0 saturated carbocycles. The molecule has 3 heteroatoms. The van der Waals surface area contributed by atoms with E-state index in [1.54, 1.807) is 11.9 Å². The van der Waals surface area contributed by atoms with E-state index in [9.17, 15) is 0 Å². The van der Waals surface area contributed by atoms with Gasteiger partial charge in [-0.1, -0.05) is 18.2 Å². The highest BCUT2D eigenvalue weighted by atomic mass is 32.2. The summed E-state index contributed by atoms with van der Waals surface area (Å²) in [7, 11) is 0. The van der Waals surface area contributed by atoms with Crippen LogP contribution in [0.2, 0.25) is 0 Å². The van der Waals surface area contributed by atoms with Crippen LogP contribution < -0.4 is 5.73 Å². The first kappa shape index (κ1) is 7.13. The van der Waals surface area contributed by atoms with Crippen LogP contribution in [0.5, 0.6) is 0 Å². The molecule has 2 N–H and O–H groups in total. The van der Waals surface area contributed by atoms with Crippen molar-refractivity contribution in [3.05, 3.63) is 23.8 Å². The third-order valence-electron chi connectivity index (χ3n) is 2.00. The minimum Gasteiger partial charge on any atom is -0.327 e. The Morgan fingerprint density at radius 1 is 1.64 bits per heavy atom. The van der Waals surface area contributed by atoms with Crippen LogP contribution in [0.4, 0.5) is 0 Å². The minimum absolute atomic E-state index is 0.489. The molecule has 2 atom stereocenters. The maximum atomic E-state index is 5.59. The highest BCUT2D eigenvalue weighted by Gasteiger charge is 2.27. The summed E-state index contributed by atoms with van der Waals surface area (Å²) in [4.78, 5) is 0. The second kappa shape index (κ2) is 2.83. The molecule has 0 radical (unpaired) electrons. The largest absolute Gasteiger partial charge is 0.327 e. The van der Waals surface area contributed by atoms with Gasteiger partial charge in [-0.3, -0.25) is 0 Å². The molecule has 2 unspecified atom stereocenters. The van der Waals surface area contributed by atoms with Crippen LogP contribution in [0, 0.1) is 5.92 Å². The number of hydrogen-bond donors (Lipinski definition) is 1. The molecular formula is C8H10N2S. The van der Waals surface area contributed by atoms with Crippen molar-refractivity contribution in [1.82, 2.24) is 0 Å². The summed E-state index contributed by atoms with van der Waals surface area (Å²) >= 11 is 1.63. The fourth-order valence-electron chi connectivity index (χ4n) is 1.37. The Bertz CT molecular complexity index is 242. The summed E-state index contributed by atoms with van der Waals surface area (Å²) in [6.45, 7) is 0.655. The topological polar surface area (TPSA) is 38.4 Å². The molecule has 0 spiro atoms. The van der Waals surface area contributed by atoms with E-state index in [0.717, 1.165) is 0 Å². The molecule has 58 valence electrons. The third-order valence-corrected chi connectivity index (χ3v) is 3.09. The summed E-state index contributed by atoms with van der Waals surface area (Å²) in [5.41, 5.74) is 6.89. The Labute approximate surface area is 70.4 Å². The summed E-state index contributed by atoms with van der Waals surface area (Å²) in [6.07, 6.45) is 8.34. The quantitative estimate of drug-likeness (QED) is 0.594. The van der Waals surface area contributed by atoms with Crippen molar-refractivity contribution in [2.75, 3.05) is 6.54 Å². The van der Waals surface area contributed by atoms with E-state index in [1.165, 1.54) is 5.57 Å². The molecule has 2 aliphatic rings. The molecule has 0 aromatic rings. The molecule has 0 aromatic heterocycles. The van der Waals surface area contributed by atoms with E-state index in [4.69, 9.17) is 5.73 Å². The van der Waals surface area contributed by atoms with Crippen LogP contribution in [-0.4, -0.2) is 18.0 Å². The predicted molar refractivity (Wildman–Crippen MR) is 49.6 cm³/mol. The first-order chi connectivity index (χ1) is 5.42. The van der Waals surface area contributed by atoms with Crippen molar-refractivity contribution in [2.45, 2.75) is 5.25 Å². The standard InChI is InChI=1S/C8H10N2S/c9-4-6-2-1-3-7-5-10-11-8(6)7/h1-3,5,7-8H,4,9H2. The van der Waals surface area contributed by atoms with E-state index in [2.05, 4.69) is 22.6 Å². The Balaban J connectivity index is 2.23. The lowest BCUT2D eigenvalue weighted by molar-refractivity contribution is 0.848. The van der Waals surface area contributed by atoms with Gasteiger partial charge in [0.15, 0.2) is 0 Å². The molecule has 1 aliphatic heterocycles. The van der Waals surface area contributed by atoms with Crippen molar-refractivity contribution >= 4 is 18.2 Å². The minimum atomic E-state index is 0.489. The highest BCUT2D eigenvalue weighted by molar-refractivity contribution is 7.99. The van der Waals surface area contributed by atoms with Crippen molar-refractivity contribution in [3.63, 3.8) is 0 Å². The number of allylic oxidation sites excluding steroid dienone is 3. The molecule has 0 saturated heterocycles. The number of fused-ring (bicyclic) bond motifs is 1. The predicted octanol–water partition coefficient (Wildman–Crippen LogP) is 1.16. The maximum Gasteiger partial charge on any atom is 0.0603 e. The first-order valence-corrected chi connectivity index (χ1v) is 4.52. The van der Waals surface area contributed by atoms with Gasteiger partial charge < -0.3 is 5.73 Å². The Hall–Kier alpha value is -0.540. The molecule has 2 rings (SSSR count). The number of nitrogens with two attached hydrogens (primary N) is 1. The molecule has 0 fully saturated rings. The average molecular weight is 166 g/mol. The van der Waals surface area contributed by atoms with Gasteiger partial charge in [0, 0.05) is 18.7 Å². The van der Waals surface area contributed by atoms with E-state index in [0.29, 0.717) is 17.7 Å². The van der Waals surface area contributed by atoms with Crippen molar-refractivity contribution < 1.29 is 0 Å². The first-order valence-electron chi connectivity index (χ1n) is 3.68. The van der Waals surface area contributed by atoms with E-state index in [1.807, 2.05) is 6.21 Å². The molecule has 2 nitrogen and oxygen atoms in total. The van der Waals surface area contributed by atoms with Crippen LogP contribution in [0.1, 0.15) is 0 Å². The zero-order valence-electron chi connectivity index (χ0n) is 6.10. The van der Waals surface area contributed by atoms with Gasteiger partial charge in [0.05, 0.1) is 5.25 Å². The lowest BCUT2D eigenvalue weighted by Crippen LogP contribution is -2.22. The molecule has 0 amide bonds. The number of hydrogen-bond acceptors (Lipinski definition) is 3.